The van der Waals surface area contributed by atoms with Gasteiger partial charge in [0, 0.05) is 44.1 Å². The highest BCUT2D eigenvalue weighted by atomic mass is 32.2. The zero-order valence-electron chi connectivity index (χ0n) is 16.8. The molecule has 2 aliphatic heterocycles. The summed E-state index contributed by atoms with van der Waals surface area (Å²) in [4.78, 5) is 8.62. The van der Waals surface area contributed by atoms with Crippen LogP contribution in [0.25, 0.3) is 11.4 Å². The van der Waals surface area contributed by atoms with E-state index in [2.05, 4.69) is 15.1 Å². The number of aromatic nitrogens is 3. The highest BCUT2D eigenvalue weighted by Crippen LogP contribution is 2.39. The molecule has 0 amide bonds. The van der Waals surface area contributed by atoms with Crippen LogP contribution in [0.15, 0.2) is 29.0 Å². The smallest absolute Gasteiger partial charge is 0.227 e. The molecule has 0 bridgehead atoms. The van der Waals surface area contributed by atoms with E-state index in [1.165, 1.54) is 0 Å². The van der Waals surface area contributed by atoms with E-state index in [-0.39, 0.29) is 11.4 Å². The normalized spacial score (nSPS) is 22.7. The lowest BCUT2D eigenvalue weighted by Gasteiger charge is -2.45. The van der Waals surface area contributed by atoms with Crippen LogP contribution in [-0.4, -0.2) is 58.9 Å². The average molecular weight is 421 g/mol. The standard InChI is InChI=1S/C20H28N4O4S/c1-2-12-29(25,26)24-9-6-20(7-10-24)14-16(5-11-27-20)13-18-22-19(23-28-18)17-4-3-8-21-15-17/h3-4,8,15-16H,2,5-7,9-14H2,1H3. The minimum Gasteiger partial charge on any atom is -0.375 e. The predicted octanol–water partition coefficient (Wildman–Crippen LogP) is 2.68. The van der Waals surface area contributed by atoms with Crippen molar-refractivity contribution >= 4 is 10.0 Å². The molecule has 8 nitrogen and oxygen atoms in total. The molecule has 2 saturated heterocycles. The van der Waals surface area contributed by atoms with Gasteiger partial charge in [-0.2, -0.15) is 4.98 Å². The fourth-order valence-electron chi connectivity index (χ4n) is 4.41. The first-order valence-corrected chi connectivity index (χ1v) is 12.0. The number of ether oxygens (including phenoxy) is 1. The third-order valence-electron chi connectivity index (χ3n) is 5.94. The Hall–Kier alpha value is -1.84. The molecule has 29 heavy (non-hydrogen) atoms. The van der Waals surface area contributed by atoms with E-state index < -0.39 is 10.0 Å². The second-order valence-electron chi connectivity index (χ2n) is 8.06. The summed E-state index contributed by atoms with van der Waals surface area (Å²) < 4.78 is 37.9. The van der Waals surface area contributed by atoms with Gasteiger partial charge in [0.05, 0.1) is 11.4 Å². The minimum atomic E-state index is -3.14. The Morgan fingerprint density at radius 2 is 2.14 bits per heavy atom. The van der Waals surface area contributed by atoms with Crippen LogP contribution in [-0.2, 0) is 21.2 Å². The molecule has 0 saturated carbocycles. The second kappa shape index (κ2) is 8.49. The number of piperidine rings is 1. The summed E-state index contributed by atoms with van der Waals surface area (Å²) in [5.41, 5.74) is 0.611. The van der Waals surface area contributed by atoms with Crippen molar-refractivity contribution < 1.29 is 17.7 Å². The molecule has 0 aromatic carbocycles. The molecular formula is C20H28N4O4S. The van der Waals surface area contributed by atoms with E-state index >= 15 is 0 Å². The van der Waals surface area contributed by atoms with Crippen LogP contribution in [0.1, 0.15) is 44.9 Å². The monoisotopic (exact) mass is 420 g/mol. The maximum absolute atomic E-state index is 12.3. The number of nitrogens with zero attached hydrogens (tertiary/aromatic N) is 4. The van der Waals surface area contributed by atoms with Crippen LogP contribution in [0, 0.1) is 5.92 Å². The first-order chi connectivity index (χ1) is 14.0. The lowest BCUT2D eigenvalue weighted by molar-refractivity contribution is -0.121. The predicted molar refractivity (Wildman–Crippen MR) is 108 cm³/mol. The maximum atomic E-state index is 12.3. The molecule has 4 heterocycles. The summed E-state index contributed by atoms with van der Waals surface area (Å²) in [6.45, 7) is 3.67. The van der Waals surface area contributed by atoms with Gasteiger partial charge in [-0.15, -0.1) is 0 Å². The molecule has 9 heteroatoms. The van der Waals surface area contributed by atoms with E-state index in [1.54, 1.807) is 16.7 Å². The van der Waals surface area contributed by atoms with Crippen molar-refractivity contribution in [1.29, 1.82) is 0 Å². The van der Waals surface area contributed by atoms with Crippen LogP contribution in [0.2, 0.25) is 0 Å². The van der Waals surface area contributed by atoms with Crippen molar-refractivity contribution in [3.8, 4) is 11.4 Å². The van der Waals surface area contributed by atoms with Gasteiger partial charge in [0.25, 0.3) is 0 Å². The summed E-state index contributed by atoms with van der Waals surface area (Å²) in [5, 5.41) is 4.08. The van der Waals surface area contributed by atoms with Crippen LogP contribution < -0.4 is 0 Å². The van der Waals surface area contributed by atoms with Gasteiger partial charge >= 0.3 is 0 Å². The third-order valence-corrected chi connectivity index (χ3v) is 8.01. The molecule has 2 aromatic heterocycles. The van der Waals surface area contributed by atoms with E-state index in [9.17, 15) is 8.42 Å². The van der Waals surface area contributed by atoms with Crippen LogP contribution in [0.5, 0.6) is 0 Å². The molecule has 2 fully saturated rings. The first kappa shape index (κ1) is 20.4. The average Bonchev–Trinajstić information content (AvgIpc) is 3.18. The highest BCUT2D eigenvalue weighted by Gasteiger charge is 2.42. The molecule has 1 atom stereocenters. The van der Waals surface area contributed by atoms with Crippen molar-refractivity contribution in [1.82, 2.24) is 19.4 Å². The Morgan fingerprint density at radius 3 is 2.86 bits per heavy atom. The summed E-state index contributed by atoms with van der Waals surface area (Å²) in [6, 6.07) is 3.76. The fraction of sp³-hybridized carbons (Fsp3) is 0.650. The zero-order chi connectivity index (χ0) is 20.3. The van der Waals surface area contributed by atoms with E-state index in [0.29, 0.717) is 43.8 Å². The summed E-state index contributed by atoms with van der Waals surface area (Å²) in [6.07, 6.45) is 8.14. The minimum absolute atomic E-state index is 0.222. The van der Waals surface area contributed by atoms with Gasteiger partial charge in [-0.3, -0.25) is 4.98 Å². The number of hydrogen-bond donors (Lipinski definition) is 0. The van der Waals surface area contributed by atoms with Crippen molar-refractivity contribution in [2.75, 3.05) is 25.4 Å². The Morgan fingerprint density at radius 1 is 1.31 bits per heavy atom. The zero-order valence-corrected chi connectivity index (χ0v) is 17.6. The van der Waals surface area contributed by atoms with Gasteiger partial charge in [0.2, 0.25) is 21.7 Å². The molecule has 1 unspecified atom stereocenters. The van der Waals surface area contributed by atoms with Crippen LogP contribution in [0.4, 0.5) is 0 Å². The summed E-state index contributed by atoms with van der Waals surface area (Å²) in [7, 11) is -3.14. The number of sulfonamides is 1. The van der Waals surface area contributed by atoms with E-state index in [1.807, 2.05) is 19.1 Å². The largest absolute Gasteiger partial charge is 0.375 e. The van der Waals surface area contributed by atoms with Gasteiger partial charge in [-0.25, -0.2) is 12.7 Å². The SMILES string of the molecule is CCCS(=O)(=O)N1CCC2(CC1)CC(Cc1nc(-c3cccnc3)no1)CCO2. The lowest BCUT2D eigenvalue weighted by atomic mass is 9.79. The third kappa shape index (κ3) is 4.67. The molecule has 2 aromatic rings. The Bertz CT molecular complexity index is 908. The lowest BCUT2D eigenvalue weighted by Crippen LogP contribution is -2.51. The van der Waals surface area contributed by atoms with Gasteiger partial charge in [-0.05, 0) is 50.2 Å². The van der Waals surface area contributed by atoms with Gasteiger partial charge in [0.15, 0.2) is 0 Å². The Kier molecular flexibility index (Phi) is 5.98. The molecule has 0 radical (unpaired) electrons. The molecule has 1 spiro atoms. The molecular weight excluding hydrogens is 392 g/mol. The van der Waals surface area contributed by atoms with Crippen LogP contribution >= 0.6 is 0 Å². The van der Waals surface area contributed by atoms with E-state index in [0.717, 1.165) is 37.7 Å². The highest BCUT2D eigenvalue weighted by molar-refractivity contribution is 7.89. The van der Waals surface area contributed by atoms with Crippen molar-refractivity contribution in [3.63, 3.8) is 0 Å². The van der Waals surface area contributed by atoms with Gasteiger partial charge in [0.1, 0.15) is 0 Å². The topological polar surface area (TPSA) is 98.4 Å². The summed E-state index contributed by atoms with van der Waals surface area (Å²) in [5.74, 6) is 1.81. The van der Waals surface area contributed by atoms with Gasteiger partial charge < -0.3 is 9.26 Å². The molecule has 0 N–H and O–H groups in total. The maximum Gasteiger partial charge on any atom is 0.227 e. The van der Waals surface area contributed by atoms with Crippen molar-refractivity contribution in [2.24, 2.45) is 5.92 Å². The number of hydrogen-bond acceptors (Lipinski definition) is 7. The molecule has 158 valence electrons. The summed E-state index contributed by atoms with van der Waals surface area (Å²) >= 11 is 0. The second-order valence-corrected chi connectivity index (χ2v) is 10.2. The van der Waals surface area contributed by atoms with E-state index in [4.69, 9.17) is 9.26 Å². The molecule has 2 aliphatic rings. The van der Waals surface area contributed by atoms with Crippen molar-refractivity contribution in [2.45, 2.75) is 51.0 Å². The number of pyridine rings is 1. The Labute approximate surface area is 171 Å². The fourth-order valence-corrected chi connectivity index (χ4v) is 5.92. The van der Waals surface area contributed by atoms with Crippen molar-refractivity contribution in [3.05, 3.63) is 30.4 Å². The Balaban J connectivity index is 1.37. The number of rotatable bonds is 6. The quantitative estimate of drug-likeness (QED) is 0.708. The van der Waals surface area contributed by atoms with Crippen LogP contribution in [0.3, 0.4) is 0 Å². The molecule has 4 rings (SSSR count). The first-order valence-electron chi connectivity index (χ1n) is 10.3. The van der Waals surface area contributed by atoms with Gasteiger partial charge in [-0.1, -0.05) is 12.1 Å². The molecule has 0 aliphatic carbocycles.